The van der Waals surface area contributed by atoms with Crippen LogP contribution in [-0.4, -0.2) is 11.9 Å². The number of ether oxygens (including phenoxy) is 1. The van der Waals surface area contributed by atoms with E-state index in [-0.39, 0.29) is 23.8 Å². The highest BCUT2D eigenvalue weighted by atomic mass is 16.6. The van der Waals surface area contributed by atoms with Gasteiger partial charge in [-0.1, -0.05) is 143 Å². The summed E-state index contributed by atoms with van der Waals surface area (Å²) in [5.41, 5.74) is 0. The molecule has 0 aromatic heterocycles. The monoisotopic (exact) mass is 436 g/mol. The second-order valence-electron chi connectivity index (χ2n) is 10.0. The average molecular weight is 437 g/mol. The van der Waals surface area contributed by atoms with Crippen molar-refractivity contribution in [2.45, 2.75) is 149 Å². The highest BCUT2D eigenvalue weighted by molar-refractivity contribution is 5.96. The molecule has 3 unspecified atom stereocenters. The molecule has 31 heavy (non-hydrogen) atoms. The van der Waals surface area contributed by atoms with E-state index in [2.05, 4.69) is 13.8 Å². The first-order chi connectivity index (χ1) is 15.1. The Kier molecular flexibility index (Phi) is 17.0. The van der Waals surface area contributed by atoms with E-state index in [9.17, 15) is 9.59 Å². The molecule has 0 N–H and O–H groups in total. The third-order valence-electron chi connectivity index (χ3n) is 7.34. The van der Waals surface area contributed by atoms with Crippen LogP contribution >= 0.6 is 0 Å². The third kappa shape index (κ3) is 12.7. The van der Waals surface area contributed by atoms with Gasteiger partial charge in [-0.2, -0.15) is 0 Å². The Bertz CT molecular complexity index is 459. The van der Waals surface area contributed by atoms with Gasteiger partial charge in [-0.3, -0.25) is 9.59 Å². The van der Waals surface area contributed by atoms with Crippen LogP contribution in [0.25, 0.3) is 0 Å². The molecule has 0 radical (unpaired) electrons. The van der Waals surface area contributed by atoms with Crippen molar-refractivity contribution in [2.24, 2.45) is 17.8 Å². The van der Waals surface area contributed by atoms with Gasteiger partial charge >= 0.3 is 11.9 Å². The fourth-order valence-electron chi connectivity index (χ4n) is 5.16. The first-order valence-electron chi connectivity index (χ1n) is 13.9. The lowest BCUT2D eigenvalue weighted by molar-refractivity contribution is -0.154. The molecule has 3 heteroatoms. The van der Waals surface area contributed by atoms with Gasteiger partial charge in [0.2, 0.25) is 0 Å². The minimum absolute atomic E-state index is 0.205. The van der Waals surface area contributed by atoms with Crippen LogP contribution in [0, 0.1) is 17.8 Å². The number of rotatable bonds is 21. The van der Waals surface area contributed by atoms with Gasteiger partial charge in [0.15, 0.2) is 0 Å². The summed E-state index contributed by atoms with van der Waals surface area (Å²) in [5, 5.41) is 0. The number of hydrogen-bond acceptors (Lipinski definition) is 3. The highest BCUT2D eigenvalue weighted by Gasteiger charge is 2.44. The molecule has 1 saturated heterocycles. The summed E-state index contributed by atoms with van der Waals surface area (Å²) in [7, 11) is 0. The zero-order chi connectivity index (χ0) is 22.7. The van der Waals surface area contributed by atoms with Crippen molar-refractivity contribution in [2.75, 3.05) is 0 Å². The molecule has 0 saturated carbocycles. The summed E-state index contributed by atoms with van der Waals surface area (Å²) in [6, 6.07) is 0. The molecule has 1 aliphatic heterocycles. The van der Waals surface area contributed by atoms with Crippen LogP contribution in [-0.2, 0) is 14.3 Å². The van der Waals surface area contributed by atoms with Gasteiger partial charge in [0.05, 0.1) is 11.8 Å². The molecule has 1 rings (SSSR count). The summed E-state index contributed by atoms with van der Waals surface area (Å²) >= 11 is 0. The normalized spacial score (nSPS) is 19.7. The van der Waals surface area contributed by atoms with Crippen LogP contribution in [0.2, 0.25) is 0 Å². The summed E-state index contributed by atoms with van der Waals surface area (Å²) in [4.78, 5) is 23.6. The maximum absolute atomic E-state index is 11.9. The van der Waals surface area contributed by atoms with Crippen molar-refractivity contribution >= 4 is 11.9 Å². The predicted molar refractivity (Wildman–Crippen MR) is 131 cm³/mol. The van der Waals surface area contributed by atoms with E-state index in [0.717, 1.165) is 12.8 Å². The second-order valence-corrected chi connectivity index (χ2v) is 10.0. The van der Waals surface area contributed by atoms with E-state index in [4.69, 9.17) is 4.74 Å². The Balaban J connectivity index is 1.85. The van der Waals surface area contributed by atoms with Crippen molar-refractivity contribution in [3.05, 3.63) is 0 Å². The van der Waals surface area contributed by atoms with Crippen molar-refractivity contribution in [3.8, 4) is 0 Å². The molecule has 0 spiro atoms. The highest BCUT2D eigenvalue weighted by Crippen LogP contribution is 2.34. The molecule has 1 aliphatic rings. The van der Waals surface area contributed by atoms with Gasteiger partial charge in [0, 0.05) is 0 Å². The minimum Gasteiger partial charge on any atom is -0.393 e. The Morgan fingerprint density at radius 2 is 1.00 bits per heavy atom. The van der Waals surface area contributed by atoms with Crippen LogP contribution in [0.5, 0.6) is 0 Å². The molecule has 0 amide bonds. The average Bonchev–Trinajstić information content (AvgIpc) is 3.01. The van der Waals surface area contributed by atoms with E-state index in [1.54, 1.807) is 0 Å². The van der Waals surface area contributed by atoms with E-state index < -0.39 is 0 Å². The number of carbonyl (C=O) groups excluding carboxylic acids is 2. The van der Waals surface area contributed by atoms with Crippen LogP contribution in [0.1, 0.15) is 149 Å². The Hall–Kier alpha value is -0.860. The third-order valence-corrected chi connectivity index (χ3v) is 7.34. The van der Waals surface area contributed by atoms with Crippen LogP contribution < -0.4 is 0 Å². The first kappa shape index (κ1) is 28.2. The largest absolute Gasteiger partial charge is 0.393 e. The summed E-state index contributed by atoms with van der Waals surface area (Å²) in [5.74, 6) is -0.774. The maximum atomic E-state index is 11.9. The standard InChI is InChI=1S/C28H52O3/c1-4-6-7-8-9-10-11-12-13-14-15-16-17-18-19-20-21-22-23-25(5-2)26-24(3)27(29)31-28(26)30/h24-26H,4-23H2,1-3H3. The van der Waals surface area contributed by atoms with Gasteiger partial charge in [0.25, 0.3) is 0 Å². The SMILES string of the molecule is CCCCCCCCCCCCCCCCCCCCC(CC)C1C(=O)OC(=O)C1C. The second kappa shape index (κ2) is 18.7. The molecule has 0 aliphatic carbocycles. The van der Waals surface area contributed by atoms with Crippen LogP contribution in [0.4, 0.5) is 0 Å². The quantitative estimate of drug-likeness (QED) is 0.103. The molecule has 0 bridgehead atoms. The molecule has 0 aromatic rings. The Labute approximate surface area is 193 Å². The van der Waals surface area contributed by atoms with Gasteiger partial charge in [-0.05, 0) is 12.3 Å². The number of carbonyl (C=O) groups is 2. The van der Waals surface area contributed by atoms with Crippen molar-refractivity contribution in [1.82, 2.24) is 0 Å². The van der Waals surface area contributed by atoms with Gasteiger partial charge in [-0.15, -0.1) is 0 Å². The molecular formula is C28H52O3. The van der Waals surface area contributed by atoms with Crippen molar-refractivity contribution in [1.29, 1.82) is 0 Å². The molecule has 3 atom stereocenters. The molecular weight excluding hydrogens is 384 g/mol. The summed E-state index contributed by atoms with van der Waals surface area (Å²) < 4.78 is 4.83. The maximum Gasteiger partial charge on any atom is 0.317 e. The fraction of sp³-hybridized carbons (Fsp3) is 0.929. The molecule has 3 nitrogen and oxygen atoms in total. The topological polar surface area (TPSA) is 43.4 Å². The molecule has 182 valence electrons. The predicted octanol–water partition coefficient (Wildman–Crippen LogP) is 8.78. The zero-order valence-corrected chi connectivity index (χ0v) is 21.1. The van der Waals surface area contributed by atoms with E-state index >= 15 is 0 Å². The number of cyclic esters (lactones) is 2. The Morgan fingerprint density at radius 1 is 0.613 bits per heavy atom. The van der Waals surface area contributed by atoms with Crippen molar-refractivity contribution in [3.63, 3.8) is 0 Å². The number of unbranched alkanes of at least 4 members (excludes halogenated alkanes) is 17. The molecule has 1 fully saturated rings. The van der Waals surface area contributed by atoms with E-state index in [1.165, 1.54) is 116 Å². The lowest BCUT2D eigenvalue weighted by atomic mass is 9.79. The van der Waals surface area contributed by atoms with Crippen LogP contribution in [0.3, 0.4) is 0 Å². The summed E-state index contributed by atoms with van der Waals surface area (Å²) in [6.45, 7) is 6.26. The Morgan fingerprint density at radius 3 is 1.32 bits per heavy atom. The smallest absolute Gasteiger partial charge is 0.317 e. The van der Waals surface area contributed by atoms with Gasteiger partial charge < -0.3 is 4.74 Å². The fourth-order valence-corrected chi connectivity index (χ4v) is 5.16. The molecule has 0 aromatic carbocycles. The first-order valence-corrected chi connectivity index (χ1v) is 13.9. The van der Waals surface area contributed by atoms with Crippen molar-refractivity contribution < 1.29 is 14.3 Å². The number of esters is 2. The lowest BCUT2D eigenvalue weighted by Gasteiger charge is -2.21. The zero-order valence-electron chi connectivity index (χ0n) is 21.1. The number of hydrogen-bond donors (Lipinski definition) is 0. The molecule has 1 heterocycles. The minimum atomic E-state index is -0.328. The summed E-state index contributed by atoms with van der Waals surface area (Å²) in [6.07, 6.45) is 27.0. The van der Waals surface area contributed by atoms with E-state index in [0.29, 0.717) is 5.92 Å². The van der Waals surface area contributed by atoms with E-state index in [1.807, 2.05) is 6.92 Å². The van der Waals surface area contributed by atoms with Crippen LogP contribution in [0.15, 0.2) is 0 Å². The van der Waals surface area contributed by atoms with Gasteiger partial charge in [-0.25, -0.2) is 0 Å². The lowest BCUT2D eigenvalue weighted by Crippen LogP contribution is -2.24. The van der Waals surface area contributed by atoms with Gasteiger partial charge in [0.1, 0.15) is 0 Å².